The number of carbonyl (C=O) groups is 1. The van der Waals surface area contributed by atoms with E-state index in [1.54, 1.807) is 0 Å². The zero-order valence-corrected chi connectivity index (χ0v) is 28.8. The summed E-state index contributed by atoms with van der Waals surface area (Å²) in [4.78, 5) is 18.7. The molecule has 0 saturated heterocycles. The maximum Gasteiger partial charge on any atom is 0.225 e. The Bertz CT molecular complexity index is 919. The Hall–Kier alpha value is -2.62. The second-order valence-corrected chi connectivity index (χ2v) is 11.9. The smallest absolute Gasteiger partial charge is 0.225 e. The van der Waals surface area contributed by atoms with Crippen LogP contribution in [-0.4, -0.2) is 28.9 Å². The summed E-state index contributed by atoms with van der Waals surface area (Å²) in [5.41, 5.74) is 4.84. The van der Waals surface area contributed by atoms with E-state index >= 15 is 0 Å². The zero-order chi connectivity index (χ0) is 31.8. The second-order valence-electron chi connectivity index (χ2n) is 11.9. The highest BCUT2D eigenvalue weighted by Gasteiger charge is 2.22. The molecule has 4 nitrogen and oxygen atoms in total. The van der Waals surface area contributed by atoms with Gasteiger partial charge in [-0.2, -0.15) is 0 Å². The van der Waals surface area contributed by atoms with Gasteiger partial charge in [0.05, 0.1) is 0 Å². The third-order valence-corrected chi connectivity index (χ3v) is 7.77. The van der Waals surface area contributed by atoms with Gasteiger partial charge in [-0.25, -0.2) is 0 Å². The SMILES string of the molecule is C=C(C)Nc1ccc(CC)cc1.CCC(C)Cc1ccncc1.CCCC(CCC)C(=O)N(CCC)CCC(C)CC. The number of amides is 1. The lowest BCUT2D eigenvalue weighted by Crippen LogP contribution is -2.38. The molecule has 1 aromatic carbocycles. The van der Waals surface area contributed by atoms with E-state index in [1.807, 2.05) is 19.3 Å². The molecule has 0 aliphatic carbocycles. The van der Waals surface area contributed by atoms with Gasteiger partial charge in [-0.05, 0) is 92.7 Å². The Morgan fingerprint density at radius 3 is 1.81 bits per heavy atom. The minimum absolute atomic E-state index is 0.262. The van der Waals surface area contributed by atoms with Crippen molar-refractivity contribution in [3.8, 4) is 0 Å². The molecule has 238 valence electrons. The Labute approximate surface area is 260 Å². The highest BCUT2D eigenvalue weighted by atomic mass is 16.2. The minimum atomic E-state index is 0.262. The molecule has 1 aromatic heterocycles. The van der Waals surface area contributed by atoms with Crippen molar-refractivity contribution in [1.29, 1.82) is 0 Å². The predicted octanol–water partition coefficient (Wildman–Crippen LogP) is 10.7. The number of benzene rings is 1. The molecule has 0 radical (unpaired) electrons. The third kappa shape index (κ3) is 18.7. The van der Waals surface area contributed by atoms with Gasteiger partial charge in [0.1, 0.15) is 0 Å². The van der Waals surface area contributed by atoms with E-state index in [4.69, 9.17) is 0 Å². The van der Waals surface area contributed by atoms with Crippen LogP contribution in [0.25, 0.3) is 0 Å². The van der Waals surface area contributed by atoms with Crippen molar-refractivity contribution in [2.24, 2.45) is 17.8 Å². The molecular formula is C38H65N3O. The van der Waals surface area contributed by atoms with E-state index in [0.717, 1.165) is 81.3 Å². The van der Waals surface area contributed by atoms with Crippen LogP contribution in [0.2, 0.25) is 0 Å². The van der Waals surface area contributed by atoms with Crippen molar-refractivity contribution in [3.05, 3.63) is 72.2 Å². The molecule has 1 heterocycles. The summed E-state index contributed by atoms with van der Waals surface area (Å²) < 4.78 is 0. The Morgan fingerprint density at radius 1 is 0.786 bits per heavy atom. The summed E-state index contributed by atoms with van der Waals surface area (Å²) in [6.45, 7) is 25.3. The lowest BCUT2D eigenvalue weighted by atomic mass is 9.96. The van der Waals surface area contributed by atoms with Crippen molar-refractivity contribution in [2.45, 2.75) is 127 Å². The van der Waals surface area contributed by atoms with Gasteiger partial charge in [0.15, 0.2) is 0 Å². The van der Waals surface area contributed by atoms with E-state index < -0.39 is 0 Å². The molecule has 0 aliphatic heterocycles. The Morgan fingerprint density at radius 2 is 1.36 bits per heavy atom. The number of pyridine rings is 1. The number of rotatable bonds is 17. The third-order valence-electron chi connectivity index (χ3n) is 7.77. The van der Waals surface area contributed by atoms with Crippen LogP contribution >= 0.6 is 0 Å². The first-order valence-electron chi connectivity index (χ1n) is 16.8. The number of nitrogens with one attached hydrogen (secondary N) is 1. The molecule has 2 aromatic rings. The van der Waals surface area contributed by atoms with Crippen LogP contribution in [0.5, 0.6) is 0 Å². The van der Waals surface area contributed by atoms with Crippen LogP contribution in [-0.2, 0) is 17.6 Å². The topological polar surface area (TPSA) is 45.2 Å². The molecule has 2 unspecified atom stereocenters. The van der Waals surface area contributed by atoms with Crippen LogP contribution in [0.4, 0.5) is 5.69 Å². The maximum atomic E-state index is 12.6. The van der Waals surface area contributed by atoms with Crippen molar-refractivity contribution in [3.63, 3.8) is 0 Å². The number of anilines is 1. The van der Waals surface area contributed by atoms with Gasteiger partial charge >= 0.3 is 0 Å². The fourth-order valence-electron chi connectivity index (χ4n) is 4.66. The summed E-state index contributed by atoms with van der Waals surface area (Å²) in [7, 11) is 0. The number of nitrogens with zero attached hydrogens (tertiary/aromatic N) is 2. The van der Waals surface area contributed by atoms with E-state index in [2.05, 4.69) is 114 Å². The van der Waals surface area contributed by atoms with Crippen LogP contribution < -0.4 is 5.32 Å². The fourth-order valence-corrected chi connectivity index (χ4v) is 4.66. The van der Waals surface area contributed by atoms with Crippen molar-refractivity contribution in [2.75, 3.05) is 18.4 Å². The first-order valence-corrected chi connectivity index (χ1v) is 16.8. The van der Waals surface area contributed by atoms with E-state index in [0.29, 0.717) is 5.91 Å². The number of aromatic nitrogens is 1. The van der Waals surface area contributed by atoms with Gasteiger partial charge < -0.3 is 10.2 Å². The average Bonchev–Trinajstić information content (AvgIpc) is 2.99. The lowest BCUT2D eigenvalue weighted by molar-refractivity contribution is -0.136. The monoisotopic (exact) mass is 580 g/mol. The fraction of sp³-hybridized carbons (Fsp3) is 0.632. The molecule has 2 atom stereocenters. The second kappa shape index (κ2) is 24.9. The first kappa shape index (κ1) is 39.4. The molecule has 0 spiro atoms. The van der Waals surface area contributed by atoms with Crippen molar-refractivity contribution in [1.82, 2.24) is 9.88 Å². The van der Waals surface area contributed by atoms with Gasteiger partial charge in [-0.15, -0.1) is 0 Å². The van der Waals surface area contributed by atoms with Gasteiger partial charge in [0.25, 0.3) is 0 Å². The summed E-state index contributed by atoms with van der Waals surface area (Å²) in [5, 5.41) is 3.16. The largest absolute Gasteiger partial charge is 0.360 e. The predicted molar refractivity (Wildman–Crippen MR) is 186 cm³/mol. The highest BCUT2D eigenvalue weighted by molar-refractivity contribution is 5.78. The van der Waals surface area contributed by atoms with Gasteiger partial charge in [0, 0.05) is 42.8 Å². The van der Waals surface area contributed by atoms with E-state index in [-0.39, 0.29) is 5.92 Å². The van der Waals surface area contributed by atoms with E-state index in [9.17, 15) is 4.79 Å². The lowest BCUT2D eigenvalue weighted by Gasteiger charge is -2.28. The first-order chi connectivity index (χ1) is 20.1. The standard InChI is InChI=1S/C17H35NO.C11H15N.C10H15N/c1-6-10-16(11-7-2)17(19)18(13-8-3)14-12-15(5)9-4;1-4-10-5-7-11(8-6-10)12-9(2)3;1-3-9(2)8-10-4-6-11-7-5-10/h15-16H,6-14H2,1-5H3;5-8,12H,2,4H2,1,3H3;4-7,9H,3,8H2,1-2H3. The molecule has 0 fully saturated rings. The maximum absolute atomic E-state index is 12.6. The van der Waals surface area contributed by atoms with Gasteiger partial charge in [-0.3, -0.25) is 9.78 Å². The highest BCUT2D eigenvalue weighted by Crippen LogP contribution is 2.18. The van der Waals surface area contributed by atoms with Crippen LogP contribution in [0.3, 0.4) is 0 Å². The number of hydrogen-bond donors (Lipinski definition) is 1. The Kier molecular flexibility index (Phi) is 23.4. The zero-order valence-electron chi connectivity index (χ0n) is 28.8. The minimum Gasteiger partial charge on any atom is -0.360 e. The molecule has 42 heavy (non-hydrogen) atoms. The van der Waals surface area contributed by atoms with Crippen molar-refractivity contribution >= 4 is 11.6 Å². The number of hydrogen-bond acceptors (Lipinski definition) is 3. The number of allylic oxidation sites excluding steroid dienone is 1. The number of carbonyl (C=O) groups excluding carboxylic acids is 1. The number of aryl methyl sites for hydroxylation is 1. The molecule has 0 bridgehead atoms. The van der Waals surface area contributed by atoms with Crippen molar-refractivity contribution < 1.29 is 4.79 Å². The summed E-state index contributed by atoms with van der Waals surface area (Å²) in [6, 6.07) is 12.6. The van der Waals surface area contributed by atoms with Crippen LogP contribution in [0, 0.1) is 17.8 Å². The van der Waals surface area contributed by atoms with Gasteiger partial charge in [-0.1, -0.05) is 99.8 Å². The molecule has 1 amide bonds. The summed E-state index contributed by atoms with van der Waals surface area (Å²) >= 11 is 0. The van der Waals surface area contributed by atoms with Crippen LogP contribution in [0.15, 0.2) is 61.1 Å². The molecule has 1 N–H and O–H groups in total. The van der Waals surface area contributed by atoms with Gasteiger partial charge in [0.2, 0.25) is 5.91 Å². The molecule has 2 rings (SSSR count). The molecular weight excluding hydrogens is 514 g/mol. The summed E-state index contributed by atoms with van der Waals surface area (Å²) in [5.74, 6) is 2.19. The quantitative estimate of drug-likeness (QED) is 0.203. The normalized spacial score (nSPS) is 11.9. The molecule has 0 aliphatic rings. The Balaban J connectivity index is 0.000000630. The molecule has 0 saturated carbocycles. The summed E-state index contributed by atoms with van der Waals surface area (Å²) in [6.07, 6.45) is 15.0. The average molecular weight is 580 g/mol. The molecule has 4 heteroatoms. The van der Waals surface area contributed by atoms with Crippen LogP contribution in [0.1, 0.15) is 125 Å². The van der Waals surface area contributed by atoms with E-state index in [1.165, 1.54) is 30.4 Å².